The number of nitrogens with zero attached hydrogens (tertiary/aromatic N) is 1. The third-order valence-corrected chi connectivity index (χ3v) is 6.03. The Hall–Kier alpha value is -1.82. The molecule has 1 radical (unpaired) electrons. The van der Waals surface area contributed by atoms with E-state index in [9.17, 15) is 30.3 Å². The number of carbonyl (C=O) groups is 1. The van der Waals surface area contributed by atoms with E-state index >= 15 is 0 Å². The Morgan fingerprint density at radius 2 is 1.87 bits per heavy atom. The van der Waals surface area contributed by atoms with Gasteiger partial charge in [0.1, 0.15) is 30.5 Å². The maximum Gasteiger partial charge on any atom is 0.217 e. The number of nitrogens with one attached hydrogen (secondary N) is 2. The molecule has 9 atom stereocenters. The number of ether oxygens (including phenoxy) is 4. The molecule has 14 heteroatoms. The molecule has 2 fully saturated rings. The van der Waals surface area contributed by atoms with Crippen LogP contribution in [0.1, 0.15) is 24.5 Å². The monoisotopic (exact) mass is 544 g/mol. The second-order valence-corrected chi connectivity index (χ2v) is 9.22. The van der Waals surface area contributed by atoms with Crippen molar-refractivity contribution in [3.63, 3.8) is 0 Å². The van der Waals surface area contributed by atoms with Crippen LogP contribution in [-0.2, 0) is 35.2 Å². The van der Waals surface area contributed by atoms with Crippen LogP contribution in [0.4, 0.5) is 0 Å². The van der Waals surface area contributed by atoms with Crippen LogP contribution in [0.15, 0.2) is 18.5 Å². The number of rotatable bonds is 13. The maximum absolute atomic E-state index is 11.9. The molecule has 0 aromatic carbocycles. The SMILES string of the molecule is CC(=O)NC1[C@H](OCCCNOCc2cncc(C)c2)OC(CO)[CH][C@H]1O[C@@H]1OC(CO)[C@H](O)[C@@H](O)C1O. The molecule has 0 aliphatic carbocycles. The minimum Gasteiger partial charge on any atom is -0.394 e. The molecule has 2 aliphatic rings. The van der Waals surface area contributed by atoms with Crippen molar-refractivity contribution in [2.45, 2.75) is 82.1 Å². The standard InChI is InChI=1S/C24H38N3O11/c1-13-6-15(9-25-8-13)12-35-26-4-3-5-34-23-19(27-14(2)30)17(7-16(10-28)36-23)37-24-22(33)21(32)20(31)18(11-29)38-24/h6-9,16-24,26,28-29,31-33H,3-5,10-12H2,1-2H3,(H,27,30)/t16?,17-,18?,19?,20+,21-,22?,23-,24-/m1/s1. The Bertz CT molecular complexity index is 864. The Balaban J connectivity index is 1.54. The number of aryl methyl sites for hydroxylation is 1. The maximum atomic E-state index is 11.9. The molecule has 0 spiro atoms. The van der Waals surface area contributed by atoms with Gasteiger partial charge in [0.25, 0.3) is 0 Å². The van der Waals surface area contributed by atoms with E-state index in [-0.39, 0.29) is 6.61 Å². The summed E-state index contributed by atoms with van der Waals surface area (Å²) in [7, 11) is 0. The number of hydrogen-bond donors (Lipinski definition) is 7. The lowest BCUT2D eigenvalue weighted by Crippen LogP contribution is -2.64. The fraction of sp³-hybridized carbons (Fsp3) is 0.708. The number of amides is 1. The Labute approximate surface area is 220 Å². The van der Waals surface area contributed by atoms with Crippen LogP contribution in [0.3, 0.4) is 0 Å². The normalized spacial score (nSPS) is 33.7. The van der Waals surface area contributed by atoms with Gasteiger partial charge in [0, 0.05) is 32.3 Å². The first-order valence-corrected chi connectivity index (χ1v) is 12.4. The third kappa shape index (κ3) is 8.59. The van der Waals surface area contributed by atoms with E-state index in [1.165, 1.54) is 13.3 Å². The van der Waals surface area contributed by atoms with E-state index in [1.54, 1.807) is 12.4 Å². The van der Waals surface area contributed by atoms with Crippen molar-refractivity contribution in [2.24, 2.45) is 0 Å². The zero-order valence-electron chi connectivity index (χ0n) is 21.4. The highest BCUT2D eigenvalue weighted by molar-refractivity contribution is 5.73. The second kappa shape index (κ2) is 15.1. The molecule has 0 bridgehead atoms. The van der Waals surface area contributed by atoms with E-state index in [0.29, 0.717) is 19.6 Å². The number of aliphatic hydroxyl groups is 5. The largest absolute Gasteiger partial charge is 0.394 e. The summed E-state index contributed by atoms with van der Waals surface area (Å²) < 4.78 is 22.9. The van der Waals surface area contributed by atoms with Crippen molar-refractivity contribution < 1.29 is 54.1 Å². The number of pyridine rings is 1. The molecule has 38 heavy (non-hydrogen) atoms. The van der Waals surface area contributed by atoms with Crippen molar-refractivity contribution in [1.29, 1.82) is 0 Å². The predicted octanol–water partition coefficient (Wildman–Crippen LogP) is -2.57. The Kier molecular flexibility index (Phi) is 12.2. The second-order valence-electron chi connectivity index (χ2n) is 9.22. The summed E-state index contributed by atoms with van der Waals surface area (Å²) in [6.07, 6.45) is -4.83. The van der Waals surface area contributed by atoms with Crippen LogP contribution >= 0.6 is 0 Å². The summed E-state index contributed by atoms with van der Waals surface area (Å²) in [6.45, 7) is 3.21. The molecular weight excluding hydrogens is 506 g/mol. The first-order valence-electron chi connectivity index (χ1n) is 12.4. The molecule has 3 rings (SSSR count). The van der Waals surface area contributed by atoms with Crippen LogP contribution in [0, 0.1) is 13.3 Å². The molecule has 1 amide bonds. The topological polar surface area (TPSA) is 201 Å². The molecule has 4 unspecified atom stereocenters. The van der Waals surface area contributed by atoms with Gasteiger partial charge >= 0.3 is 0 Å². The molecule has 3 heterocycles. The fourth-order valence-corrected chi connectivity index (χ4v) is 4.13. The van der Waals surface area contributed by atoms with Crippen molar-refractivity contribution in [3.8, 4) is 0 Å². The van der Waals surface area contributed by atoms with E-state index in [0.717, 1.165) is 11.1 Å². The summed E-state index contributed by atoms with van der Waals surface area (Å²) in [6, 6.07) is 1.07. The molecule has 0 saturated carbocycles. The number of aliphatic hydroxyl groups excluding tert-OH is 5. The average molecular weight is 545 g/mol. The van der Waals surface area contributed by atoms with Crippen molar-refractivity contribution >= 4 is 5.91 Å². The highest BCUT2D eigenvalue weighted by atomic mass is 16.7. The van der Waals surface area contributed by atoms with E-state index in [2.05, 4.69) is 15.8 Å². The summed E-state index contributed by atoms with van der Waals surface area (Å²) in [5.41, 5.74) is 4.81. The van der Waals surface area contributed by atoms with Gasteiger partial charge in [-0.2, -0.15) is 0 Å². The first kappa shape index (κ1) is 30.7. The van der Waals surface area contributed by atoms with E-state index in [1.807, 2.05) is 13.0 Å². The van der Waals surface area contributed by atoms with Crippen LogP contribution in [0.5, 0.6) is 0 Å². The van der Waals surface area contributed by atoms with Crippen molar-refractivity contribution in [1.82, 2.24) is 15.8 Å². The van der Waals surface area contributed by atoms with Gasteiger partial charge in [-0.3, -0.25) is 14.6 Å². The molecule has 1 aromatic heterocycles. The Morgan fingerprint density at radius 3 is 2.55 bits per heavy atom. The highest BCUT2D eigenvalue weighted by Crippen LogP contribution is 2.29. The van der Waals surface area contributed by atoms with Gasteiger partial charge in [-0.25, -0.2) is 5.48 Å². The lowest BCUT2D eigenvalue weighted by Gasteiger charge is -2.45. The minimum atomic E-state index is -1.64. The van der Waals surface area contributed by atoms with Crippen LogP contribution in [-0.4, -0.2) is 118 Å². The van der Waals surface area contributed by atoms with Gasteiger partial charge in [0.15, 0.2) is 12.6 Å². The molecule has 2 saturated heterocycles. The number of hydroxylamine groups is 1. The minimum absolute atomic E-state index is 0.202. The average Bonchev–Trinajstić information content (AvgIpc) is 2.89. The number of carbonyl (C=O) groups excluding carboxylic acids is 1. The summed E-state index contributed by atoms with van der Waals surface area (Å²) in [5.74, 6) is -0.411. The molecule has 215 valence electrons. The van der Waals surface area contributed by atoms with Gasteiger partial charge in [-0.15, -0.1) is 0 Å². The molecule has 2 aliphatic heterocycles. The highest BCUT2D eigenvalue weighted by Gasteiger charge is 2.48. The van der Waals surface area contributed by atoms with Crippen LogP contribution in [0.25, 0.3) is 0 Å². The first-order chi connectivity index (χ1) is 18.2. The van der Waals surface area contributed by atoms with E-state index in [4.69, 9.17) is 23.8 Å². The lowest BCUT2D eigenvalue weighted by atomic mass is 9.97. The summed E-state index contributed by atoms with van der Waals surface area (Å²) in [4.78, 5) is 21.5. The molecule has 14 nitrogen and oxygen atoms in total. The molecule has 7 N–H and O–H groups in total. The Morgan fingerprint density at radius 1 is 1.08 bits per heavy atom. The van der Waals surface area contributed by atoms with E-state index < -0.39 is 74.4 Å². The fourth-order valence-electron chi connectivity index (χ4n) is 4.13. The van der Waals surface area contributed by atoms with Gasteiger partial charge in [0.05, 0.1) is 38.6 Å². The van der Waals surface area contributed by atoms with Gasteiger partial charge < -0.3 is 49.8 Å². The number of hydrogen-bond acceptors (Lipinski definition) is 13. The van der Waals surface area contributed by atoms with Crippen LogP contribution < -0.4 is 10.8 Å². The quantitative estimate of drug-likeness (QED) is 0.101. The summed E-state index contributed by atoms with van der Waals surface area (Å²) >= 11 is 0. The number of aromatic nitrogens is 1. The zero-order valence-corrected chi connectivity index (χ0v) is 21.4. The van der Waals surface area contributed by atoms with Gasteiger partial charge in [0.2, 0.25) is 5.91 Å². The van der Waals surface area contributed by atoms with Crippen LogP contribution in [0.2, 0.25) is 0 Å². The van der Waals surface area contributed by atoms with Gasteiger partial charge in [-0.05, 0) is 24.5 Å². The van der Waals surface area contributed by atoms with Crippen molar-refractivity contribution in [3.05, 3.63) is 36.0 Å². The summed E-state index contributed by atoms with van der Waals surface area (Å²) in [5, 5.41) is 52.3. The predicted molar refractivity (Wildman–Crippen MR) is 129 cm³/mol. The van der Waals surface area contributed by atoms with Crippen molar-refractivity contribution in [2.75, 3.05) is 26.4 Å². The zero-order chi connectivity index (χ0) is 27.7. The smallest absolute Gasteiger partial charge is 0.217 e. The van der Waals surface area contributed by atoms with Gasteiger partial charge in [-0.1, -0.05) is 6.07 Å². The lowest BCUT2D eigenvalue weighted by molar-refractivity contribution is -0.322. The molecule has 1 aromatic rings. The third-order valence-electron chi connectivity index (χ3n) is 6.03. The molecular formula is C24H38N3O11.